The van der Waals surface area contributed by atoms with Crippen molar-refractivity contribution < 1.29 is 13.2 Å². The summed E-state index contributed by atoms with van der Waals surface area (Å²) in [6.45, 7) is 1.94. The average Bonchev–Trinajstić information content (AvgIpc) is 3.19. The summed E-state index contributed by atoms with van der Waals surface area (Å²) in [7, 11) is -2.09. The molecule has 3 rings (SSSR count). The lowest BCUT2D eigenvalue weighted by Gasteiger charge is -2.18. The molecule has 0 aliphatic heterocycles. The van der Waals surface area contributed by atoms with E-state index in [2.05, 4.69) is 27.9 Å². The summed E-state index contributed by atoms with van der Waals surface area (Å²) >= 11 is 3.39. The molecule has 2 aromatic carbocycles. The standard InChI is InChI=1S/C19H17IN2O3S2/c1-13-12-15(20)7-10-17(13)21-19(23)14-5-8-16(9-6-14)22(2)27(24,25)18-4-3-11-26-18/h3-12H,1-2H3,(H,21,23). The largest absolute Gasteiger partial charge is 0.322 e. The number of nitrogens with one attached hydrogen (secondary N) is 1. The van der Waals surface area contributed by atoms with E-state index in [4.69, 9.17) is 0 Å². The average molecular weight is 512 g/mol. The number of rotatable bonds is 5. The van der Waals surface area contributed by atoms with Crippen LogP contribution in [0.15, 0.2) is 64.2 Å². The highest BCUT2D eigenvalue weighted by molar-refractivity contribution is 14.1. The van der Waals surface area contributed by atoms with Gasteiger partial charge >= 0.3 is 0 Å². The van der Waals surface area contributed by atoms with Crippen molar-refractivity contribution in [1.29, 1.82) is 0 Å². The number of carbonyl (C=O) groups excluding carboxylic acids is 1. The smallest absolute Gasteiger partial charge is 0.273 e. The van der Waals surface area contributed by atoms with Crippen LogP contribution in [0.25, 0.3) is 0 Å². The van der Waals surface area contributed by atoms with E-state index in [1.807, 2.05) is 25.1 Å². The van der Waals surface area contributed by atoms with Crippen molar-refractivity contribution in [3.63, 3.8) is 0 Å². The molecule has 0 bridgehead atoms. The van der Waals surface area contributed by atoms with Crippen LogP contribution in [0.5, 0.6) is 0 Å². The summed E-state index contributed by atoms with van der Waals surface area (Å²) in [5.74, 6) is -0.241. The number of hydrogen-bond donors (Lipinski definition) is 1. The van der Waals surface area contributed by atoms with Gasteiger partial charge in [0.15, 0.2) is 0 Å². The summed E-state index contributed by atoms with van der Waals surface area (Å²) in [6, 6.07) is 15.5. The second-order valence-corrected chi connectivity index (χ2v) is 10.3. The first kappa shape index (κ1) is 19.8. The number of halogens is 1. The molecule has 0 radical (unpaired) electrons. The fraction of sp³-hybridized carbons (Fsp3) is 0.105. The lowest BCUT2D eigenvalue weighted by atomic mass is 10.1. The zero-order valence-corrected chi connectivity index (χ0v) is 18.4. The highest BCUT2D eigenvalue weighted by Gasteiger charge is 2.22. The fourth-order valence-corrected chi connectivity index (χ4v) is 5.47. The summed E-state index contributed by atoms with van der Waals surface area (Å²) in [6.07, 6.45) is 0. The van der Waals surface area contributed by atoms with Crippen molar-refractivity contribution in [3.05, 3.63) is 74.7 Å². The number of amides is 1. The van der Waals surface area contributed by atoms with Crippen LogP contribution >= 0.6 is 33.9 Å². The van der Waals surface area contributed by atoms with E-state index in [1.165, 1.54) is 22.7 Å². The normalized spacial score (nSPS) is 11.2. The Balaban J connectivity index is 1.77. The maximum absolute atomic E-state index is 12.6. The van der Waals surface area contributed by atoms with Gasteiger partial charge in [0.1, 0.15) is 4.21 Å². The third-order valence-electron chi connectivity index (χ3n) is 4.04. The molecule has 1 heterocycles. The maximum atomic E-state index is 12.6. The minimum Gasteiger partial charge on any atom is -0.322 e. The molecule has 0 atom stereocenters. The minimum atomic E-state index is -3.59. The third kappa shape index (κ3) is 4.33. The molecular formula is C19H17IN2O3S2. The highest BCUT2D eigenvalue weighted by atomic mass is 127. The monoisotopic (exact) mass is 512 g/mol. The van der Waals surface area contributed by atoms with Gasteiger partial charge < -0.3 is 5.32 Å². The zero-order chi connectivity index (χ0) is 19.6. The van der Waals surface area contributed by atoms with Crippen LogP contribution in [0, 0.1) is 10.5 Å². The van der Waals surface area contributed by atoms with Gasteiger partial charge in [-0.25, -0.2) is 8.42 Å². The lowest BCUT2D eigenvalue weighted by Crippen LogP contribution is -2.25. The first-order valence-electron chi connectivity index (χ1n) is 7.99. The zero-order valence-electron chi connectivity index (χ0n) is 14.6. The Kier molecular flexibility index (Phi) is 5.87. The number of carbonyl (C=O) groups is 1. The molecule has 0 saturated heterocycles. The number of benzene rings is 2. The van der Waals surface area contributed by atoms with E-state index in [9.17, 15) is 13.2 Å². The Morgan fingerprint density at radius 2 is 1.81 bits per heavy atom. The molecule has 1 amide bonds. The summed E-state index contributed by atoms with van der Waals surface area (Å²) in [5, 5.41) is 4.61. The van der Waals surface area contributed by atoms with E-state index >= 15 is 0 Å². The first-order chi connectivity index (χ1) is 12.8. The molecule has 0 spiro atoms. The molecule has 0 unspecified atom stereocenters. The van der Waals surface area contributed by atoms with Gasteiger partial charge in [0.2, 0.25) is 0 Å². The number of aryl methyl sites for hydroxylation is 1. The lowest BCUT2D eigenvalue weighted by molar-refractivity contribution is 0.102. The van der Waals surface area contributed by atoms with Gasteiger partial charge in [-0.05, 0) is 89.0 Å². The Bertz CT molecular complexity index is 1060. The van der Waals surface area contributed by atoms with Crippen LogP contribution in [-0.4, -0.2) is 21.4 Å². The molecule has 0 fully saturated rings. The van der Waals surface area contributed by atoms with Gasteiger partial charge in [0, 0.05) is 21.9 Å². The molecule has 27 heavy (non-hydrogen) atoms. The molecule has 8 heteroatoms. The first-order valence-corrected chi connectivity index (χ1v) is 11.4. The molecule has 5 nitrogen and oxygen atoms in total. The van der Waals surface area contributed by atoms with Crippen LogP contribution in [0.4, 0.5) is 11.4 Å². The van der Waals surface area contributed by atoms with Crippen LogP contribution in [0.3, 0.4) is 0 Å². The van der Waals surface area contributed by atoms with Crippen LogP contribution < -0.4 is 9.62 Å². The maximum Gasteiger partial charge on any atom is 0.273 e. The number of anilines is 2. The Labute approximate surface area is 176 Å². The van der Waals surface area contributed by atoms with Crippen LogP contribution in [-0.2, 0) is 10.0 Å². The van der Waals surface area contributed by atoms with E-state index in [-0.39, 0.29) is 10.1 Å². The van der Waals surface area contributed by atoms with Gasteiger partial charge in [0.05, 0.1) is 5.69 Å². The topological polar surface area (TPSA) is 66.5 Å². The molecular weight excluding hydrogens is 495 g/mol. The second-order valence-electron chi connectivity index (χ2n) is 5.86. The predicted molar refractivity (Wildman–Crippen MR) is 118 cm³/mol. The van der Waals surface area contributed by atoms with E-state index < -0.39 is 10.0 Å². The van der Waals surface area contributed by atoms with E-state index in [0.29, 0.717) is 11.3 Å². The molecule has 140 valence electrons. The van der Waals surface area contributed by atoms with Crippen molar-refractivity contribution in [1.82, 2.24) is 0 Å². The molecule has 0 aliphatic rings. The van der Waals surface area contributed by atoms with Gasteiger partial charge in [-0.3, -0.25) is 9.10 Å². The van der Waals surface area contributed by atoms with Crippen LogP contribution in [0.2, 0.25) is 0 Å². The fourth-order valence-electron chi connectivity index (χ4n) is 2.47. The Hall–Kier alpha value is -1.91. The second kappa shape index (κ2) is 7.99. The Morgan fingerprint density at radius 1 is 1.11 bits per heavy atom. The van der Waals surface area contributed by atoms with Crippen molar-refractivity contribution in [3.8, 4) is 0 Å². The predicted octanol–water partition coefficient (Wildman–Crippen LogP) is 4.74. The highest BCUT2D eigenvalue weighted by Crippen LogP contribution is 2.25. The van der Waals surface area contributed by atoms with E-state index in [1.54, 1.807) is 41.8 Å². The SMILES string of the molecule is Cc1cc(I)ccc1NC(=O)c1ccc(N(C)S(=O)(=O)c2cccs2)cc1. The summed E-state index contributed by atoms with van der Waals surface area (Å²) < 4.78 is 27.7. The quantitative estimate of drug-likeness (QED) is 0.503. The van der Waals surface area contributed by atoms with E-state index in [0.717, 1.165) is 14.8 Å². The number of sulfonamides is 1. The molecule has 0 aliphatic carbocycles. The summed E-state index contributed by atoms with van der Waals surface area (Å²) in [5.41, 5.74) is 2.68. The number of thiophene rings is 1. The van der Waals surface area contributed by atoms with Crippen LogP contribution in [0.1, 0.15) is 15.9 Å². The molecule has 0 saturated carbocycles. The number of hydrogen-bond acceptors (Lipinski definition) is 4. The van der Waals surface area contributed by atoms with Crippen molar-refractivity contribution in [2.75, 3.05) is 16.7 Å². The van der Waals surface area contributed by atoms with Gasteiger partial charge in [-0.2, -0.15) is 0 Å². The van der Waals surface area contributed by atoms with Gasteiger partial charge in [-0.1, -0.05) is 6.07 Å². The molecule has 1 aromatic heterocycles. The van der Waals surface area contributed by atoms with Crippen molar-refractivity contribution in [2.24, 2.45) is 0 Å². The minimum absolute atomic E-state index is 0.241. The third-order valence-corrected chi connectivity index (χ3v) is 7.87. The van der Waals surface area contributed by atoms with Gasteiger partial charge in [-0.15, -0.1) is 11.3 Å². The van der Waals surface area contributed by atoms with Gasteiger partial charge in [0.25, 0.3) is 15.9 Å². The number of nitrogens with zero attached hydrogens (tertiary/aromatic N) is 1. The van der Waals surface area contributed by atoms with Crippen molar-refractivity contribution >= 4 is 61.2 Å². The molecule has 3 aromatic rings. The summed E-state index contributed by atoms with van der Waals surface area (Å²) in [4.78, 5) is 12.5. The van der Waals surface area contributed by atoms with Crippen molar-refractivity contribution in [2.45, 2.75) is 11.1 Å². The Morgan fingerprint density at radius 3 is 2.41 bits per heavy atom. The molecule has 1 N–H and O–H groups in total.